The lowest BCUT2D eigenvalue weighted by Gasteiger charge is -2.03. The lowest BCUT2D eigenvalue weighted by Crippen LogP contribution is -1.92. The minimum Gasteiger partial charge on any atom is -0.399 e. The van der Waals surface area contributed by atoms with E-state index in [0.717, 1.165) is 12.0 Å². The van der Waals surface area contributed by atoms with E-state index in [4.69, 9.17) is 5.73 Å². The van der Waals surface area contributed by atoms with Gasteiger partial charge in [0, 0.05) is 5.70 Å². The molecule has 0 aliphatic rings. The predicted octanol–water partition coefficient (Wildman–Crippen LogP) is 6.48. The van der Waals surface area contributed by atoms with Gasteiger partial charge in [-0.15, -0.1) is 12.3 Å². The van der Waals surface area contributed by atoms with Gasteiger partial charge in [0.15, 0.2) is 0 Å². The van der Waals surface area contributed by atoms with Crippen molar-refractivity contribution in [3.8, 4) is 23.5 Å². The normalized spacial score (nSPS) is 8.96. The second-order valence-electron chi connectivity index (χ2n) is 6.10. The van der Waals surface area contributed by atoms with Gasteiger partial charge in [0.2, 0.25) is 0 Å². The first kappa shape index (κ1) is 21.8. The zero-order chi connectivity index (χ0) is 20.1. The smallest absolute Gasteiger partial charge is 0.0314 e. The Morgan fingerprint density at radius 3 is 1.93 bits per heavy atom. The average molecular weight is 356 g/mol. The van der Waals surface area contributed by atoms with Crippen LogP contribution in [0.15, 0.2) is 85.4 Å². The zero-order valence-corrected chi connectivity index (χ0v) is 16.6. The Bertz CT molecular complexity index is 853. The van der Waals surface area contributed by atoms with E-state index in [-0.39, 0.29) is 0 Å². The van der Waals surface area contributed by atoms with Gasteiger partial charge in [0.05, 0.1) is 0 Å². The molecule has 1 nitrogen and oxygen atoms in total. The predicted molar refractivity (Wildman–Crippen MR) is 120 cm³/mol. The maximum absolute atomic E-state index is 5.61. The van der Waals surface area contributed by atoms with Gasteiger partial charge in [-0.1, -0.05) is 97.9 Å². The number of hydrogen-bond acceptors (Lipinski definition) is 1. The molecule has 0 spiro atoms. The van der Waals surface area contributed by atoms with Crippen molar-refractivity contribution in [2.24, 2.45) is 5.73 Å². The highest BCUT2D eigenvalue weighted by molar-refractivity contribution is 5.68. The van der Waals surface area contributed by atoms with E-state index in [1.165, 1.54) is 22.3 Å². The van der Waals surface area contributed by atoms with Crippen LogP contribution in [-0.4, -0.2) is 0 Å². The van der Waals surface area contributed by atoms with E-state index in [9.17, 15) is 0 Å². The molecule has 3 rings (SSSR count). The molecule has 138 valence electrons. The quantitative estimate of drug-likeness (QED) is 0.535. The molecule has 0 atom stereocenters. The van der Waals surface area contributed by atoms with Crippen molar-refractivity contribution in [3.63, 3.8) is 0 Å². The first-order chi connectivity index (χ1) is 13.0. The maximum atomic E-state index is 5.61. The van der Waals surface area contributed by atoms with Gasteiger partial charge in [-0.3, -0.25) is 0 Å². The van der Waals surface area contributed by atoms with Crippen LogP contribution < -0.4 is 5.73 Å². The summed E-state index contributed by atoms with van der Waals surface area (Å²) in [6, 6.07) is 27.0. The zero-order valence-electron chi connectivity index (χ0n) is 16.6. The highest BCUT2D eigenvalue weighted by Gasteiger charge is 1.97. The molecule has 0 saturated heterocycles. The van der Waals surface area contributed by atoms with E-state index < -0.39 is 0 Å². The van der Waals surface area contributed by atoms with E-state index in [2.05, 4.69) is 81.3 Å². The van der Waals surface area contributed by atoms with Crippen LogP contribution in [0.4, 0.5) is 0 Å². The van der Waals surface area contributed by atoms with Gasteiger partial charge in [-0.25, -0.2) is 0 Å². The second-order valence-corrected chi connectivity index (χ2v) is 6.10. The van der Waals surface area contributed by atoms with Crippen LogP contribution in [0.2, 0.25) is 0 Å². The highest BCUT2D eigenvalue weighted by atomic mass is 14.6. The maximum Gasteiger partial charge on any atom is 0.0314 e. The van der Waals surface area contributed by atoms with Crippen LogP contribution in [0, 0.1) is 19.3 Å². The van der Waals surface area contributed by atoms with Crippen molar-refractivity contribution in [2.75, 3.05) is 0 Å². The van der Waals surface area contributed by atoms with Gasteiger partial charge >= 0.3 is 0 Å². The van der Waals surface area contributed by atoms with Crippen LogP contribution in [0.25, 0.3) is 16.8 Å². The van der Waals surface area contributed by atoms with E-state index in [1.807, 2.05) is 30.3 Å². The molecule has 0 aliphatic heterocycles. The summed E-state index contributed by atoms with van der Waals surface area (Å²) in [4.78, 5) is 0. The van der Waals surface area contributed by atoms with Gasteiger partial charge in [0.25, 0.3) is 0 Å². The molecule has 3 aromatic carbocycles. The minimum absolute atomic E-state index is 0.606. The van der Waals surface area contributed by atoms with E-state index in [1.54, 1.807) is 6.92 Å². The summed E-state index contributed by atoms with van der Waals surface area (Å²) in [5.41, 5.74) is 12.4. The Morgan fingerprint density at radius 1 is 0.926 bits per heavy atom. The average Bonchev–Trinajstić information content (AvgIpc) is 2.70. The lowest BCUT2D eigenvalue weighted by atomic mass is 10.0. The monoisotopic (exact) mass is 355 g/mol. The van der Waals surface area contributed by atoms with Gasteiger partial charge in [0.1, 0.15) is 0 Å². The summed E-state index contributed by atoms with van der Waals surface area (Å²) < 4.78 is 0. The number of hydrogen-bond donors (Lipinski definition) is 1. The molecular formula is C26H29N. The van der Waals surface area contributed by atoms with Crippen LogP contribution in [-0.2, 0) is 6.42 Å². The van der Waals surface area contributed by atoms with E-state index in [0.29, 0.717) is 5.70 Å². The Morgan fingerprint density at radius 2 is 1.48 bits per heavy atom. The molecule has 0 radical (unpaired) electrons. The molecular weight excluding hydrogens is 326 g/mol. The molecule has 0 fully saturated rings. The summed E-state index contributed by atoms with van der Waals surface area (Å²) in [7, 11) is 0. The Labute approximate surface area is 164 Å². The first-order valence-corrected chi connectivity index (χ1v) is 9.04. The molecule has 0 unspecified atom stereocenters. The number of nitrogens with two attached hydrogens (primary N) is 1. The Balaban J connectivity index is 0.000000259. The van der Waals surface area contributed by atoms with Crippen molar-refractivity contribution in [1.82, 2.24) is 0 Å². The largest absolute Gasteiger partial charge is 0.399 e. The molecule has 1 heteroatoms. The van der Waals surface area contributed by atoms with Crippen LogP contribution >= 0.6 is 0 Å². The number of terminal acetylenes is 1. The third-order valence-corrected chi connectivity index (χ3v) is 3.85. The minimum atomic E-state index is 0.606. The molecule has 0 heterocycles. The molecule has 27 heavy (non-hydrogen) atoms. The molecule has 0 bridgehead atoms. The molecule has 0 amide bonds. The van der Waals surface area contributed by atoms with Gasteiger partial charge in [-0.05, 0) is 42.5 Å². The van der Waals surface area contributed by atoms with Crippen LogP contribution in [0.1, 0.15) is 30.5 Å². The van der Waals surface area contributed by atoms with Gasteiger partial charge in [-0.2, -0.15) is 0 Å². The molecule has 2 N–H and O–H groups in total. The van der Waals surface area contributed by atoms with Crippen molar-refractivity contribution >= 4 is 5.70 Å². The Hall–Kier alpha value is -3.24. The summed E-state index contributed by atoms with van der Waals surface area (Å²) in [6.45, 7) is 9.66. The fourth-order valence-electron chi connectivity index (χ4n) is 2.44. The summed E-state index contributed by atoms with van der Waals surface area (Å²) in [5.74, 6) is 2.25. The number of rotatable bonds is 3. The van der Waals surface area contributed by atoms with Gasteiger partial charge < -0.3 is 5.73 Å². The van der Waals surface area contributed by atoms with Crippen molar-refractivity contribution in [2.45, 2.75) is 27.2 Å². The van der Waals surface area contributed by atoms with E-state index >= 15 is 0 Å². The lowest BCUT2D eigenvalue weighted by molar-refractivity contribution is 1.13. The third-order valence-electron chi connectivity index (χ3n) is 3.85. The van der Waals surface area contributed by atoms with Crippen molar-refractivity contribution in [3.05, 3.63) is 102 Å². The van der Waals surface area contributed by atoms with Crippen molar-refractivity contribution in [1.29, 1.82) is 0 Å². The standard InChI is InChI=1S/C14H13N.C9H12.C3H4/c1-11(15)12-7-9-14(10-8-12)13-5-3-2-4-6-13;1-3-9-6-4-5-8(2)7-9;1-3-2/h2-10H,1,15H2;4-7H,3H2,1-2H3;1H,2H3. The molecule has 0 aliphatic carbocycles. The van der Waals surface area contributed by atoms with Crippen LogP contribution in [0.3, 0.4) is 0 Å². The van der Waals surface area contributed by atoms with Crippen LogP contribution in [0.5, 0.6) is 0 Å². The summed E-state index contributed by atoms with van der Waals surface area (Å²) in [5, 5.41) is 0. The first-order valence-electron chi connectivity index (χ1n) is 9.04. The highest BCUT2D eigenvalue weighted by Crippen LogP contribution is 2.20. The molecule has 0 aromatic heterocycles. The summed E-state index contributed by atoms with van der Waals surface area (Å²) in [6.07, 6.45) is 5.74. The fraction of sp³-hybridized carbons (Fsp3) is 0.154. The Kier molecular flexibility index (Phi) is 9.83. The molecule has 0 saturated carbocycles. The number of aryl methyl sites for hydroxylation is 2. The topological polar surface area (TPSA) is 26.0 Å². The molecule has 3 aromatic rings. The fourth-order valence-corrected chi connectivity index (χ4v) is 2.44. The SMILES string of the molecule is C#CC.C=C(N)c1ccc(-c2ccccc2)cc1.CCc1cccc(C)c1. The number of benzene rings is 3. The second kappa shape index (κ2) is 12.2. The third kappa shape index (κ3) is 8.12. The van der Waals surface area contributed by atoms with Crippen molar-refractivity contribution < 1.29 is 0 Å². The summed E-state index contributed by atoms with van der Waals surface area (Å²) >= 11 is 0.